The van der Waals surface area contributed by atoms with E-state index in [-0.39, 0.29) is 5.57 Å². The monoisotopic (exact) mass is 563 g/mol. The van der Waals surface area contributed by atoms with Gasteiger partial charge in [-0.05, 0) is 63.1 Å². The summed E-state index contributed by atoms with van der Waals surface area (Å²) in [4.78, 5) is 38.3. The summed E-state index contributed by atoms with van der Waals surface area (Å²) < 4.78 is 12.3. The van der Waals surface area contributed by atoms with Crippen molar-refractivity contribution in [2.24, 2.45) is 0 Å². The third kappa shape index (κ3) is 5.14. The molecule has 0 saturated heterocycles. The summed E-state index contributed by atoms with van der Waals surface area (Å²) in [5, 5.41) is 12.2. The maximum Gasteiger partial charge on any atom is 0.296 e. The van der Waals surface area contributed by atoms with Crippen LogP contribution < -0.4 is 14.4 Å². The van der Waals surface area contributed by atoms with E-state index < -0.39 is 23.5 Å². The zero-order valence-electron chi connectivity index (χ0n) is 22.2. The summed E-state index contributed by atoms with van der Waals surface area (Å²) in [6.45, 7) is 8.72. The number of benzene rings is 2. The van der Waals surface area contributed by atoms with Crippen LogP contribution in [-0.2, 0) is 4.79 Å². The maximum atomic E-state index is 13.8. The van der Waals surface area contributed by atoms with Crippen LogP contribution in [0.5, 0.6) is 11.5 Å². The number of ether oxygens (including phenoxy) is 2. The molecule has 0 fully saturated rings. The van der Waals surface area contributed by atoms with Crippen LogP contribution in [0.2, 0.25) is 0 Å². The van der Waals surface area contributed by atoms with Gasteiger partial charge in [-0.3, -0.25) is 14.5 Å². The highest BCUT2D eigenvalue weighted by atomic mass is 32.1. The predicted molar refractivity (Wildman–Crippen MR) is 153 cm³/mol. The average molecular weight is 564 g/mol. The van der Waals surface area contributed by atoms with Crippen LogP contribution in [0.25, 0.3) is 10.2 Å². The summed E-state index contributed by atoms with van der Waals surface area (Å²) in [5.41, 5.74) is 1.93. The topological polar surface area (TPSA) is 102 Å². The minimum absolute atomic E-state index is 0.0145. The van der Waals surface area contributed by atoms with Crippen LogP contribution in [0.1, 0.15) is 58.7 Å². The van der Waals surface area contributed by atoms with Crippen LogP contribution in [-0.4, -0.2) is 40.0 Å². The summed E-state index contributed by atoms with van der Waals surface area (Å²) in [6.07, 6.45) is 1.97. The number of Topliss-reactive ketones (excluding diaryl/α,β-unsaturated/α-hetero) is 1. The van der Waals surface area contributed by atoms with Crippen molar-refractivity contribution in [2.75, 3.05) is 18.1 Å². The number of ketones is 1. The van der Waals surface area contributed by atoms with Crippen molar-refractivity contribution in [1.29, 1.82) is 0 Å². The third-order valence-corrected chi connectivity index (χ3v) is 8.48. The number of unbranched alkanes of at least 4 members (excludes halogenated alkanes) is 1. The minimum Gasteiger partial charge on any atom is -0.503 e. The minimum atomic E-state index is -0.872. The van der Waals surface area contributed by atoms with Crippen LogP contribution in [0.4, 0.5) is 5.13 Å². The van der Waals surface area contributed by atoms with Gasteiger partial charge in [-0.1, -0.05) is 36.8 Å². The highest BCUT2D eigenvalue weighted by molar-refractivity contribution is 7.22. The number of nitrogens with zero attached hydrogens (tertiary/aromatic N) is 3. The number of hydrogen-bond donors (Lipinski definition) is 1. The van der Waals surface area contributed by atoms with Gasteiger partial charge in [0.2, 0.25) is 5.78 Å². The molecule has 1 amide bonds. The molecule has 5 rings (SSSR count). The molecule has 4 aromatic rings. The van der Waals surface area contributed by atoms with E-state index in [0.29, 0.717) is 51.5 Å². The maximum absolute atomic E-state index is 13.8. The number of hydrogen-bond acceptors (Lipinski definition) is 9. The molecule has 39 heavy (non-hydrogen) atoms. The molecule has 2 aromatic carbocycles. The van der Waals surface area contributed by atoms with E-state index in [0.717, 1.165) is 22.5 Å². The van der Waals surface area contributed by atoms with Crippen molar-refractivity contribution in [3.8, 4) is 11.5 Å². The lowest BCUT2D eigenvalue weighted by atomic mass is 9.95. The van der Waals surface area contributed by atoms with Crippen LogP contribution >= 0.6 is 22.7 Å². The Morgan fingerprint density at radius 2 is 1.77 bits per heavy atom. The van der Waals surface area contributed by atoms with E-state index >= 15 is 0 Å². The number of carbonyl (C=O) groups is 2. The largest absolute Gasteiger partial charge is 0.503 e. The van der Waals surface area contributed by atoms with Gasteiger partial charge < -0.3 is 14.6 Å². The molecule has 0 radical (unpaired) electrons. The summed E-state index contributed by atoms with van der Waals surface area (Å²) in [7, 11) is 0. The fourth-order valence-electron chi connectivity index (χ4n) is 4.55. The lowest BCUT2D eigenvalue weighted by Gasteiger charge is -2.24. The van der Waals surface area contributed by atoms with E-state index in [4.69, 9.17) is 14.5 Å². The van der Waals surface area contributed by atoms with Crippen molar-refractivity contribution >= 4 is 49.7 Å². The molecule has 1 aliphatic rings. The first-order valence-corrected chi connectivity index (χ1v) is 14.5. The smallest absolute Gasteiger partial charge is 0.296 e. The van der Waals surface area contributed by atoms with Crippen LogP contribution in [0.3, 0.4) is 0 Å². The highest BCUT2D eigenvalue weighted by Gasteiger charge is 2.46. The number of thiazole rings is 2. The number of amides is 1. The number of aliphatic hydroxyl groups is 1. The first-order valence-electron chi connectivity index (χ1n) is 12.8. The average Bonchev–Trinajstić information content (AvgIpc) is 3.57. The molecule has 1 aliphatic heterocycles. The van der Waals surface area contributed by atoms with Gasteiger partial charge in [-0.2, -0.15) is 0 Å². The molecule has 1 atom stereocenters. The van der Waals surface area contributed by atoms with Gasteiger partial charge in [-0.25, -0.2) is 9.97 Å². The Morgan fingerprint density at radius 3 is 2.44 bits per heavy atom. The van der Waals surface area contributed by atoms with Crippen molar-refractivity contribution in [2.45, 2.75) is 46.6 Å². The van der Waals surface area contributed by atoms with E-state index in [1.165, 1.54) is 27.6 Å². The van der Waals surface area contributed by atoms with E-state index in [1.54, 1.807) is 6.92 Å². The molecule has 1 N–H and O–H groups in total. The zero-order valence-corrected chi connectivity index (χ0v) is 23.8. The Kier molecular flexibility index (Phi) is 7.67. The van der Waals surface area contributed by atoms with Crippen LogP contribution in [0.15, 0.2) is 53.8 Å². The molecule has 0 bridgehead atoms. The zero-order chi connectivity index (χ0) is 27.7. The van der Waals surface area contributed by atoms with Gasteiger partial charge in [0, 0.05) is 0 Å². The predicted octanol–water partition coefficient (Wildman–Crippen LogP) is 6.73. The number of aryl methyl sites for hydroxylation is 2. The molecule has 2 aromatic heterocycles. The third-order valence-electron chi connectivity index (χ3n) is 6.39. The number of aromatic nitrogens is 2. The Balaban J connectivity index is 1.59. The van der Waals surface area contributed by atoms with Crippen molar-refractivity contribution in [1.82, 2.24) is 9.97 Å². The Morgan fingerprint density at radius 1 is 1.03 bits per heavy atom. The number of carbonyl (C=O) groups excluding carboxylic acids is 2. The van der Waals surface area contributed by atoms with Crippen molar-refractivity contribution < 1.29 is 24.2 Å². The second kappa shape index (κ2) is 11.2. The number of anilines is 1. The molecule has 1 unspecified atom stereocenters. The molecule has 10 heteroatoms. The first-order chi connectivity index (χ1) is 18.8. The first kappa shape index (κ1) is 26.8. The second-order valence-electron chi connectivity index (χ2n) is 9.15. The highest BCUT2D eigenvalue weighted by Crippen LogP contribution is 2.45. The quantitative estimate of drug-likeness (QED) is 0.169. The van der Waals surface area contributed by atoms with E-state index in [9.17, 15) is 14.7 Å². The SMILES string of the molecule is CCCCOc1ccc(C2C(C(=O)c3sc(C)nc3C)=C(O)C(=O)N2c2nc3ccc(OCC)cc3s2)cc1. The fourth-order valence-corrected chi connectivity index (χ4v) is 6.44. The standard InChI is InChI=1S/C29H29N3O5S2/c1-5-7-14-37-19-10-8-18(9-11-19)24-23(25(33)27-16(3)30-17(4)38-27)26(34)28(35)32(24)29-31-21-13-12-20(36-6-2)15-22(21)39-29/h8-13,15,24,34H,5-7,14H2,1-4H3. The Hall–Kier alpha value is -3.76. The van der Waals surface area contributed by atoms with Crippen molar-refractivity contribution in [3.05, 3.63) is 74.9 Å². The van der Waals surface area contributed by atoms with E-state index in [1.807, 2.05) is 56.3 Å². The summed E-state index contributed by atoms with van der Waals surface area (Å²) in [5.74, 6) is -0.264. The van der Waals surface area contributed by atoms with Gasteiger partial charge in [0.1, 0.15) is 11.5 Å². The molecule has 0 aliphatic carbocycles. The summed E-state index contributed by atoms with van der Waals surface area (Å²) in [6, 6.07) is 12.0. The number of fused-ring (bicyclic) bond motifs is 1. The normalized spacial score (nSPS) is 15.4. The van der Waals surface area contributed by atoms with Gasteiger partial charge in [-0.15, -0.1) is 11.3 Å². The molecule has 3 heterocycles. The fraction of sp³-hybridized carbons (Fsp3) is 0.310. The number of aliphatic hydroxyl groups excluding tert-OH is 1. The Bertz CT molecular complexity index is 1570. The van der Waals surface area contributed by atoms with Crippen LogP contribution in [0, 0.1) is 13.8 Å². The summed E-state index contributed by atoms with van der Waals surface area (Å²) >= 11 is 2.55. The van der Waals surface area contributed by atoms with Gasteiger partial charge >= 0.3 is 0 Å². The Labute approximate surface area is 234 Å². The lowest BCUT2D eigenvalue weighted by molar-refractivity contribution is -0.117. The molecular formula is C29H29N3O5S2. The van der Waals surface area contributed by atoms with Crippen molar-refractivity contribution in [3.63, 3.8) is 0 Å². The molecule has 8 nitrogen and oxygen atoms in total. The second-order valence-corrected chi connectivity index (χ2v) is 11.4. The van der Waals surface area contributed by atoms with Gasteiger partial charge in [0.15, 0.2) is 10.9 Å². The molecule has 202 valence electrons. The van der Waals surface area contributed by atoms with Gasteiger partial charge in [0.05, 0.1) is 50.6 Å². The lowest BCUT2D eigenvalue weighted by Crippen LogP contribution is -2.31. The molecular weight excluding hydrogens is 534 g/mol. The molecule has 0 spiro atoms. The molecule has 0 saturated carbocycles. The number of rotatable bonds is 10. The van der Waals surface area contributed by atoms with E-state index in [2.05, 4.69) is 11.9 Å². The van der Waals surface area contributed by atoms with Gasteiger partial charge in [0.25, 0.3) is 5.91 Å².